The number of fused-ring (bicyclic) bond motifs is 1. The zero-order chi connectivity index (χ0) is 14.5. The molecule has 0 bridgehead atoms. The molecule has 2 aromatic rings. The molecule has 0 saturated heterocycles. The maximum absolute atomic E-state index is 11.0. The molecule has 0 aliphatic carbocycles. The van der Waals surface area contributed by atoms with Crippen LogP contribution in [0.15, 0.2) is 12.4 Å². The Morgan fingerprint density at radius 1 is 1.50 bits per heavy atom. The Morgan fingerprint density at radius 2 is 2.30 bits per heavy atom. The first-order valence-electron chi connectivity index (χ1n) is 6.34. The van der Waals surface area contributed by atoms with E-state index in [1.807, 2.05) is 6.07 Å². The van der Waals surface area contributed by atoms with Gasteiger partial charge in [0.15, 0.2) is 0 Å². The molecule has 0 spiro atoms. The molecule has 0 fully saturated rings. The molecule has 0 radical (unpaired) electrons. The molecular formula is C13H17N3O3S. The fourth-order valence-electron chi connectivity index (χ4n) is 1.94. The highest BCUT2D eigenvalue weighted by Gasteiger charge is 2.16. The van der Waals surface area contributed by atoms with Crippen LogP contribution in [0.25, 0.3) is 10.2 Å². The normalized spacial score (nSPS) is 10.9. The van der Waals surface area contributed by atoms with Gasteiger partial charge in [0, 0.05) is 18.5 Å². The van der Waals surface area contributed by atoms with E-state index in [1.165, 1.54) is 11.2 Å². The summed E-state index contributed by atoms with van der Waals surface area (Å²) in [6.45, 7) is 2.90. The van der Waals surface area contributed by atoms with Crippen LogP contribution in [0.3, 0.4) is 0 Å². The highest BCUT2D eigenvalue weighted by molar-refractivity contribution is 7.18. The van der Waals surface area contributed by atoms with E-state index in [2.05, 4.69) is 16.9 Å². The van der Waals surface area contributed by atoms with Crippen LogP contribution < -0.4 is 4.90 Å². The first-order valence-corrected chi connectivity index (χ1v) is 7.16. The van der Waals surface area contributed by atoms with Gasteiger partial charge >= 0.3 is 5.97 Å². The number of carbonyl (C=O) groups is 1. The Morgan fingerprint density at radius 3 is 2.95 bits per heavy atom. The number of carboxylic acid groups (broad SMARTS) is 1. The number of hydrogen-bond donors (Lipinski definition) is 1. The number of aliphatic carboxylic acids is 1. The third-order valence-electron chi connectivity index (χ3n) is 2.90. The Kier molecular flexibility index (Phi) is 4.86. The summed E-state index contributed by atoms with van der Waals surface area (Å²) in [6.07, 6.45) is 2.41. The predicted molar refractivity (Wildman–Crippen MR) is 78.5 cm³/mol. The minimum atomic E-state index is -0.890. The lowest BCUT2D eigenvalue weighted by molar-refractivity contribution is -0.135. The first kappa shape index (κ1) is 14.7. The largest absolute Gasteiger partial charge is 0.480 e. The molecule has 0 atom stereocenters. The lowest BCUT2D eigenvalue weighted by atomic mass is 10.3. The second kappa shape index (κ2) is 6.62. The van der Waals surface area contributed by atoms with E-state index in [4.69, 9.17) is 9.84 Å². The van der Waals surface area contributed by atoms with E-state index in [1.54, 1.807) is 23.3 Å². The molecule has 2 rings (SSSR count). The number of anilines is 1. The number of aryl methyl sites for hydroxylation is 1. The third kappa shape index (κ3) is 3.23. The molecule has 1 N–H and O–H groups in total. The fraction of sp³-hybridized carbons (Fsp3) is 0.462. The number of ether oxygens (including phenoxy) is 1. The second-order valence-electron chi connectivity index (χ2n) is 4.29. The zero-order valence-electron chi connectivity index (χ0n) is 11.5. The van der Waals surface area contributed by atoms with Crippen LogP contribution in [0.2, 0.25) is 0 Å². The molecule has 20 heavy (non-hydrogen) atoms. The molecule has 0 unspecified atom stereocenters. The molecule has 0 aromatic carbocycles. The fourth-order valence-corrected chi connectivity index (χ4v) is 2.87. The quantitative estimate of drug-likeness (QED) is 0.839. The van der Waals surface area contributed by atoms with Crippen LogP contribution in [-0.4, -0.2) is 47.8 Å². The summed E-state index contributed by atoms with van der Waals surface area (Å²) >= 11 is 1.62. The molecular weight excluding hydrogens is 278 g/mol. The smallest absolute Gasteiger partial charge is 0.323 e. The van der Waals surface area contributed by atoms with Crippen molar-refractivity contribution in [3.8, 4) is 0 Å². The number of rotatable bonds is 7. The monoisotopic (exact) mass is 295 g/mol. The van der Waals surface area contributed by atoms with Gasteiger partial charge in [0.2, 0.25) is 0 Å². The van der Waals surface area contributed by atoms with Crippen molar-refractivity contribution in [1.29, 1.82) is 0 Å². The molecule has 2 aromatic heterocycles. The van der Waals surface area contributed by atoms with Gasteiger partial charge in [-0.25, -0.2) is 9.97 Å². The van der Waals surface area contributed by atoms with Gasteiger partial charge in [-0.15, -0.1) is 11.3 Å². The van der Waals surface area contributed by atoms with Crippen LogP contribution in [0.1, 0.15) is 11.8 Å². The summed E-state index contributed by atoms with van der Waals surface area (Å²) in [5.74, 6) is -0.232. The summed E-state index contributed by atoms with van der Waals surface area (Å²) in [5.41, 5.74) is 0. The molecule has 2 heterocycles. The summed E-state index contributed by atoms with van der Waals surface area (Å²) in [4.78, 5) is 23.3. The van der Waals surface area contributed by atoms with Crippen LogP contribution in [0.5, 0.6) is 0 Å². The van der Waals surface area contributed by atoms with Gasteiger partial charge < -0.3 is 14.7 Å². The van der Waals surface area contributed by atoms with E-state index in [-0.39, 0.29) is 6.54 Å². The summed E-state index contributed by atoms with van der Waals surface area (Å²) < 4.78 is 5.04. The predicted octanol–water partition coefficient (Wildman–Crippen LogP) is 1.79. The van der Waals surface area contributed by atoms with Crippen molar-refractivity contribution in [1.82, 2.24) is 9.97 Å². The van der Waals surface area contributed by atoms with E-state index in [0.29, 0.717) is 19.0 Å². The maximum Gasteiger partial charge on any atom is 0.323 e. The lowest BCUT2D eigenvalue weighted by Gasteiger charge is -2.21. The highest BCUT2D eigenvalue weighted by atomic mass is 32.1. The van der Waals surface area contributed by atoms with E-state index in [9.17, 15) is 4.79 Å². The van der Waals surface area contributed by atoms with Gasteiger partial charge in [0.05, 0.1) is 12.0 Å². The minimum absolute atomic E-state index is 0.104. The molecule has 0 saturated carbocycles. The van der Waals surface area contributed by atoms with Crippen LogP contribution in [-0.2, 0) is 16.0 Å². The SMILES string of the molecule is CCc1cc2c(N(CCOC)CC(=O)O)ncnc2s1. The number of methoxy groups -OCH3 is 1. The second-order valence-corrected chi connectivity index (χ2v) is 5.41. The van der Waals surface area contributed by atoms with Crippen molar-refractivity contribution in [2.24, 2.45) is 0 Å². The molecule has 0 aliphatic heterocycles. The van der Waals surface area contributed by atoms with Gasteiger partial charge in [-0.05, 0) is 12.5 Å². The number of thiophene rings is 1. The summed E-state index contributed by atoms with van der Waals surface area (Å²) in [5, 5.41) is 9.95. The first-order chi connectivity index (χ1) is 9.65. The van der Waals surface area contributed by atoms with E-state index < -0.39 is 5.97 Å². The average Bonchev–Trinajstić information content (AvgIpc) is 2.86. The maximum atomic E-state index is 11.0. The van der Waals surface area contributed by atoms with Crippen molar-refractivity contribution < 1.29 is 14.6 Å². The van der Waals surface area contributed by atoms with Gasteiger partial charge in [-0.3, -0.25) is 4.79 Å². The van der Waals surface area contributed by atoms with Gasteiger partial charge in [0.1, 0.15) is 23.5 Å². The number of aromatic nitrogens is 2. The summed E-state index contributed by atoms with van der Waals surface area (Å²) in [6, 6.07) is 2.04. The molecule has 0 amide bonds. The van der Waals surface area contributed by atoms with Crippen LogP contribution >= 0.6 is 11.3 Å². The van der Waals surface area contributed by atoms with E-state index >= 15 is 0 Å². The molecule has 0 aliphatic rings. The molecule has 6 nitrogen and oxygen atoms in total. The van der Waals surface area contributed by atoms with Crippen molar-refractivity contribution in [3.05, 3.63) is 17.3 Å². The Hall–Kier alpha value is -1.73. The molecule has 7 heteroatoms. The van der Waals surface area contributed by atoms with Crippen molar-refractivity contribution >= 4 is 33.3 Å². The molecule has 108 valence electrons. The number of hydrogen-bond acceptors (Lipinski definition) is 6. The lowest BCUT2D eigenvalue weighted by Crippen LogP contribution is -2.33. The van der Waals surface area contributed by atoms with Gasteiger partial charge in [0.25, 0.3) is 0 Å². The zero-order valence-corrected chi connectivity index (χ0v) is 12.3. The van der Waals surface area contributed by atoms with Crippen molar-refractivity contribution in [3.63, 3.8) is 0 Å². The van der Waals surface area contributed by atoms with Crippen LogP contribution in [0.4, 0.5) is 5.82 Å². The van der Waals surface area contributed by atoms with E-state index in [0.717, 1.165) is 16.6 Å². The topological polar surface area (TPSA) is 75.5 Å². The standard InChI is InChI=1S/C13H17N3O3S/c1-3-9-6-10-12(14-8-15-13(10)20-9)16(4-5-19-2)7-11(17)18/h6,8H,3-5,7H2,1-2H3,(H,17,18). The van der Waals surface area contributed by atoms with Crippen molar-refractivity contribution in [2.45, 2.75) is 13.3 Å². The Bertz CT molecular complexity index is 600. The highest BCUT2D eigenvalue weighted by Crippen LogP contribution is 2.30. The minimum Gasteiger partial charge on any atom is -0.480 e. The Labute approximate surface area is 121 Å². The van der Waals surface area contributed by atoms with Crippen molar-refractivity contribution in [2.75, 3.05) is 31.7 Å². The van der Waals surface area contributed by atoms with Crippen LogP contribution in [0, 0.1) is 0 Å². The average molecular weight is 295 g/mol. The number of nitrogens with zero attached hydrogens (tertiary/aromatic N) is 3. The summed E-state index contributed by atoms with van der Waals surface area (Å²) in [7, 11) is 1.59. The number of carboxylic acids is 1. The third-order valence-corrected chi connectivity index (χ3v) is 4.09. The van der Waals surface area contributed by atoms with Gasteiger partial charge in [-0.2, -0.15) is 0 Å². The van der Waals surface area contributed by atoms with Gasteiger partial charge in [-0.1, -0.05) is 6.92 Å². The Balaban J connectivity index is 2.40.